The summed E-state index contributed by atoms with van der Waals surface area (Å²) in [5.41, 5.74) is 2.97. The molecule has 29 heavy (non-hydrogen) atoms. The van der Waals surface area contributed by atoms with E-state index < -0.39 is 0 Å². The van der Waals surface area contributed by atoms with Crippen molar-refractivity contribution in [1.82, 2.24) is 4.90 Å². The maximum absolute atomic E-state index is 13.0. The van der Waals surface area contributed by atoms with Gasteiger partial charge in [0.15, 0.2) is 0 Å². The van der Waals surface area contributed by atoms with Crippen molar-refractivity contribution in [3.05, 3.63) is 72.3 Å². The highest BCUT2D eigenvalue weighted by Gasteiger charge is 2.30. The van der Waals surface area contributed by atoms with E-state index in [-0.39, 0.29) is 24.4 Å². The average molecular weight is 387 g/mol. The first-order valence-corrected chi connectivity index (χ1v) is 9.92. The number of benzene rings is 3. The van der Waals surface area contributed by atoms with Gasteiger partial charge in [-0.3, -0.25) is 14.5 Å². The molecule has 2 amide bonds. The second-order valence-corrected chi connectivity index (χ2v) is 7.53. The van der Waals surface area contributed by atoms with Crippen molar-refractivity contribution in [1.29, 1.82) is 0 Å². The molecule has 4 rings (SSSR count). The van der Waals surface area contributed by atoms with Crippen molar-refractivity contribution in [3.63, 3.8) is 0 Å². The van der Waals surface area contributed by atoms with Crippen LogP contribution in [0, 0.1) is 0 Å². The summed E-state index contributed by atoms with van der Waals surface area (Å²) in [6.07, 6.45) is 0.875. The molecule has 1 aliphatic rings. The molecule has 148 valence electrons. The van der Waals surface area contributed by atoms with Crippen molar-refractivity contribution in [2.24, 2.45) is 0 Å². The van der Waals surface area contributed by atoms with E-state index >= 15 is 0 Å². The smallest absolute Gasteiger partial charge is 0.244 e. The zero-order chi connectivity index (χ0) is 20.4. The van der Waals surface area contributed by atoms with Crippen molar-refractivity contribution in [2.45, 2.75) is 19.4 Å². The third-order valence-electron chi connectivity index (χ3n) is 5.63. The molecule has 0 aromatic heterocycles. The summed E-state index contributed by atoms with van der Waals surface area (Å²) in [6.45, 7) is 2.69. The quantitative estimate of drug-likeness (QED) is 0.726. The number of anilines is 2. The molecule has 1 atom stereocenters. The van der Waals surface area contributed by atoms with E-state index in [4.69, 9.17) is 0 Å². The normalized spacial score (nSPS) is 14.1. The number of likely N-dealkylation sites (N-methyl/N-ethyl adjacent to an activating group) is 1. The zero-order valence-electron chi connectivity index (χ0n) is 16.8. The Morgan fingerprint density at radius 2 is 1.76 bits per heavy atom. The number of hydrogen-bond donors (Lipinski definition) is 1. The number of nitrogens with zero attached hydrogens (tertiary/aromatic N) is 2. The van der Waals surface area contributed by atoms with Gasteiger partial charge < -0.3 is 10.2 Å². The van der Waals surface area contributed by atoms with Crippen LogP contribution in [0.2, 0.25) is 0 Å². The van der Waals surface area contributed by atoms with Crippen LogP contribution in [0.5, 0.6) is 0 Å². The lowest BCUT2D eigenvalue weighted by Crippen LogP contribution is -2.47. The molecule has 5 nitrogen and oxygen atoms in total. The second-order valence-electron chi connectivity index (χ2n) is 7.53. The van der Waals surface area contributed by atoms with Gasteiger partial charge in [0.25, 0.3) is 0 Å². The molecule has 3 aromatic carbocycles. The highest BCUT2D eigenvalue weighted by molar-refractivity contribution is 6.03. The number of carbonyl (C=O) groups excluding carboxylic acids is 2. The van der Waals surface area contributed by atoms with E-state index in [1.807, 2.05) is 79.5 Å². The predicted molar refractivity (Wildman–Crippen MR) is 117 cm³/mol. The number of para-hydroxylation sites is 1. The lowest BCUT2D eigenvalue weighted by Gasteiger charge is -2.28. The third kappa shape index (κ3) is 3.87. The fourth-order valence-electron chi connectivity index (χ4n) is 3.87. The molecule has 1 N–H and O–H groups in total. The van der Waals surface area contributed by atoms with Gasteiger partial charge in [-0.05, 0) is 43.5 Å². The Bertz CT molecular complexity index is 1060. The van der Waals surface area contributed by atoms with E-state index in [2.05, 4.69) is 11.4 Å². The lowest BCUT2D eigenvalue weighted by atomic mass is 10.1. The highest BCUT2D eigenvalue weighted by atomic mass is 16.2. The first-order valence-electron chi connectivity index (χ1n) is 9.92. The molecule has 0 aliphatic carbocycles. The minimum atomic E-state index is -0.389. The van der Waals surface area contributed by atoms with Crippen LogP contribution in [0.3, 0.4) is 0 Å². The Kier molecular flexibility index (Phi) is 5.32. The van der Waals surface area contributed by atoms with Crippen LogP contribution in [0.25, 0.3) is 10.8 Å². The SMILES string of the molecule is C[C@@H](C(=O)N1CCc2ccccc21)N(C)CC(=O)Nc1cccc2ccccc12. The lowest BCUT2D eigenvalue weighted by molar-refractivity contribution is -0.124. The minimum absolute atomic E-state index is 0.0235. The maximum atomic E-state index is 13.0. The summed E-state index contributed by atoms with van der Waals surface area (Å²) in [5, 5.41) is 5.07. The first kappa shape index (κ1) is 19.2. The van der Waals surface area contributed by atoms with E-state index in [1.54, 1.807) is 4.90 Å². The van der Waals surface area contributed by atoms with E-state index in [1.165, 1.54) is 5.56 Å². The predicted octanol–water partition coefficient (Wildman–Crippen LogP) is 3.69. The molecule has 5 heteroatoms. The van der Waals surface area contributed by atoms with E-state index in [0.29, 0.717) is 6.54 Å². The van der Waals surface area contributed by atoms with Crippen LogP contribution in [-0.4, -0.2) is 42.9 Å². The number of hydrogen-bond acceptors (Lipinski definition) is 3. The summed E-state index contributed by atoms with van der Waals surface area (Å²) in [6, 6.07) is 21.4. The number of carbonyl (C=O) groups is 2. The van der Waals surface area contributed by atoms with Gasteiger partial charge in [-0.2, -0.15) is 0 Å². The van der Waals surface area contributed by atoms with E-state index in [0.717, 1.165) is 28.6 Å². The number of fused-ring (bicyclic) bond motifs is 2. The van der Waals surface area contributed by atoms with Gasteiger partial charge in [0.1, 0.15) is 0 Å². The molecule has 0 saturated carbocycles. The Morgan fingerprint density at radius 3 is 2.62 bits per heavy atom. The summed E-state index contributed by atoms with van der Waals surface area (Å²) < 4.78 is 0. The van der Waals surface area contributed by atoms with Crippen molar-refractivity contribution < 1.29 is 9.59 Å². The molecule has 1 aliphatic heterocycles. The van der Waals surface area contributed by atoms with Crippen LogP contribution in [0.1, 0.15) is 12.5 Å². The zero-order valence-corrected chi connectivity index (χ0v) is 16.8. The third-order valence-corrected chi connectivity index (χ3v) is 5.63. The van der Waals surface area contributed by atoms with Gasteiger partial charge in [-0.15, -0.1) is 0 Å². The molecule has 3 aromatic rings. The Morgan fingerprint density at radius 1 is 1.03 bits per heavy atom. The van der Waals surface area contributed by atoms with Crippen LogP contribution in [0.15, 0.2) is 66.7 Å². The van der Waals surface area contributed by atoms with Gasteiger partial charge in [-0.1, -0.05) is 54.6 Å². The largest absolute Gasteiger partial charge is 0.324 e. The van der Waals surface area contributed by atoms with Crippen molar-refractivity contribution in [2.75, 3.05) is 30.4 Å². The summed E-state index contributed by atoms with van der Waals surface area (Å²) in [7, 11) is 1.81. The molecule has 0 saturated heterocycles. The van der Waals surface area contributed by atoms with Crippen molar-refractivity contribution >= 4 is 34.0 Å². The molecule has 0 fully saturated rings. The molecule has 0 radical (unpaired) electrons. The van der Waals surface area contributed by atoms with Gasteiger partial charge in [0.2, 0.25) is 11.8 Å². The molecule has 0 bridgehead atoms. The Balaban J connectivity index is 1.41. The summed E-state index contributed by atoms with van der Waals surface area (Å²) in [5.74, 6) is -0.110. The monoisotopic (exact) mass is 387 g/mol. The first-order chi connectivity index (χ1) is 14.0. The summed E-state index contributed by atoms with van der Waals surface area (Å²) >= 11 is 0. The van der Waals surface area contributed by atoms with Gasteiger partial charge >= 0.3 is 0 Å². The fraction of sp³-hybridized carbons (Fsp3) is 0.250. The highest BCUT2D eigenvalue weighted by Crippen LogP contribution is 2.28. The van der Waals surface area contributed by atoms with Crippen LogP contribution in [0.4, 0.5) is 11.4 Å². The Labute approximate surface area is 170 Å². The van der Waals surface area contributed by atoms with Crippen molar-refractivity contribution in [3.8, 4) is 0 Å². The fourth-order valence-corrected chi connectivity index (χ4v) is 3.87. The minimum Gasteiger partial charge on any atom is -0.324 e. The summed E-state index contributed by atoms with van der Waals surface area (Å²) in [4.78, 5) is 29.3. The van der Waals surface area contributed by atoms with Gasteiger partial charge in [0, 0.05) is 23.3 Å². The molecular weight excluding hydrogens is 362 g/mol. The van der Waals surface area contributed by atoms with Crippen LogP contribution in [-0.2, 0) is 16.0 Å². The van der Waals surface area contributed by atoms with Crippen LogP contribution >= 0.6 is 0 Å². The van der Waals surface area contributed by atoms with E-state index in [9.17, 15) is 9.59 Å². The number of rotatable bonds is 5. The standard InChI is InChI=1S/C24H25N3O2/c1-17(24(29)27-15-14-19-9-4-6-13-22(19)27)26(2)16-23(28)25-21-12-7-10-18-8-3-5-11-20(18)21/h3-13,17H,14-16H2,1-2H3,(H,25,28)/t17-/m0/s1. The number of amides is 2. The van der Waals surface area contributed by atoms with Gasteiger partial charge in [0.05, 0.1) is 12.6 Å². The maximum Gasteiger partial charge on any atom is 0.244 e. The molecular formula is C24H25N3O2. The molecule has 0 spiro atoms. The average Bonchev–Trinajstić information content (AvgIpc) is 3.17. The molecule has 0 unspecified atom stereocenters. The molecule has 1 heterocycles. The second kappa shape index (κ2) is 8.05. The number of nitrogens with one attached hydrogen (secondary N) is 1. The van der Waals surface area contributed by atoms with Gasteiger partial charge in [-0.25, -0.2) is 0 Å². The topological polar surface area (TPSA) is 52.7 Å². The Hall–Kier alpha value is -3.18. The van der Waals surface area contributed by atoms with Crippen LogP contribution < -0.4 is 10.2 Å².